The standard InChI is InChI=1S/C13H20N4O2/c1-4-14-11-8(2)12(15-7-10(18)19-3)17-13(16-11)9-5-6-9/h9H,4-7H2,1-3H3,(H2,14,15,16,17). The van der Waals surface area contributed by atoms with Crippen LogP contribution in [0.2, 0.25) is 0 Å². The second-order valence-electron chi connectivity index (χ2n) is 4.64. The van der Waals surface area contributed by atoms with Crippen LogP contribution in [-0.2, 0) is 9.53 Å². The highest BCUT2D eigenvalue weighted by molar-refractivity contribution is 5.75. The van der Waals surface area contributed by atoms with Crippen LogP contribution in [-0.4, -0.2) is 36.1 Å². The minimum absolute atomic E-state index is 0.115. The molecule has 0 aromatic carbocycles. The van der Waals surface area contributed by atoms with Crippen molar-refractivity contribution in [1.82, 2.24) is 9.97 Å². The van der Waals surface area contributed by atoms with E-state index in [1.54, 1.807) is 0 Å². The first-order chi connectivity index (χ1) is 9.15. The largest absolute Gasteiger partial charge is 0.468 e. The van der Waals surface area contributed by atoms with Crippen molar-refractivity contribution in [2.75, 3.05) is 30.8 Å². The maximum Gasteiger partial charge on any atom is 0.325 e. The molecule has 0 bridgehead atoms. The summed E-state index contributed by atoms with van der Waals surface area (Å²) >= 11 is 0. The first-order valence-corrected chi connectivity index (χ1v) is 6.58. The van der Waals surface area contributed by atoms with Crippen molar-refractivity contribution in [3.05, 3.63) is 11.4 Å². The average molecular weight is 264 g/mol. The van der Waals surface area contributed by atoms with Crippen molar-refractivity contribution >= 4 is 17.6 Å². The molecule has 1 saturated carbocycles. The second kappa shape index (κ2) is 5.86. The molecule has 0 aliphatic heterocycles. The van der Waals surface area contributed by atoms with Gasteiger partial charge in [0.05, 0.1) is 7.11 Å². The minimum atomic E-state index is -0.309. The molecule has 1 fully saturated rings. The predicted molar refractivity (Wildman–Crippen MR) is 73.4 cm³/mol. The molecule has 1 aliphatic carbocycles. The zero-order valence-corrected chi connectivity index (χ0v) is 11.6. The summed E-state index contributed by atoms with van der Waals surface area (Å²) in [6.45, 7) is 4.89. The molecule has 0 atom stereocenters. The summed E-state index contributed by atoms with van der Waals surface area (Å²) in [5.41, 5.74) is 0.926. The third-order valence-corrected chi connectivity index (χ3v) is 3.08. The van der Waals surface area contributed by atoms with Crippen molar-refractivity contribution < 1.29 is 9.53 Å². The molecular formula is C13H20N4O2. The number of anilines is 2. The topological polar surface area (TPSA) is 76.1 Å². The molecule has 1 aliphatic rings. The number of hydrogen-bond donors (Lipinski definition) is 2. The fourth-order valence-electron chi connectivity index (χ4n) is 1.80. The molecule has 2 rings (SSSR count). The third-order valence-electron chi connectivity index (χ3n) is 3.08. The van der Waals surface area contributed by atoms with Crippen LogP contribution in [0.3, 0.4) is 0 Å². The van der Waals surface area contributed by atoms with E-state index in [0.717, 1.165) is 36.6 Å². The number of ether oxygens (including phenoxy) is 1. The van der Waals surface area contributed by atoms with E-state index in [0.29, 0.717) is 11.7 Å². The SMILES string of the molecule is CCNc1nc(C2CC2)nc(NCC(=O)OC)c1C. The molecule has 2 N–H and O–H groups in total. The van der Waals surface area contributed by atoms with E-state index in [1.165, 1.54) is 7.11 Å². The van der Waals surface area contributed by atoms with E-state index in [-0.39, 0.29) is 12.5 Å². The number of carbonyl (C=O) groups excluding carboxylic acids is 1. The van der Waals surface area contributed by atoms with Gasteiger partial charge in [-0.1, -0.05) is 0 Å². The Kier molecular flexibility index (Phi) is 4.19. The molecule has 1 aromatic heterocycles. The smallest absolute Gasteiger partial charge is 0.325 e. The van der Waals surface area contributed by atoms with Gasteiger partial charge in [0.1, 0.15) is 24.0 Å². The maximum atomic E-state index is 11.2. The Hall–Kier alpha value is -1.85. The van der Waals surface area contributed by atoms with Crippen LogP contribution in [0, 0.1) is 6.92 Å². The summed E-state index contributed by atoms with van der Waals surface area (Å²) in [5.74, 6) is 2.56. The van der Waals surface area contributed by atoms with E-state index in [9.17, 15) is 4.79 Å². The zero-order valence-electron chi connectivity index (χ0n) is 11.6. The third kappa shape index (κ3) is 3.33. The van der Waals surface area contributed by atoms with E-state index < -0.39 is 0 Å². The number of carbonyl (C=O) groups is 1. The van der Waals surface area contributed by atoms with Gasteiger partial charge in [-0.25, -0.2) is 9.97 Å². The Morgan fingerprint density at radius 2 is 1.95 bits per heavy atom. The zero-order chi connectivity index (χ0) is 13.8. The van der Waals surface area contributed by atoms with Crippen LogP contribution in [0.25, 0.3) is 0 Å². The number of rotatable bonds is 6. The van der Waals surface area contributed by atoms with Crippen molar-refractivity contribution in [1.29, 1.82) is 0 Å². The molecule has 6 nitrogen and oxygen atoms in total. The summed E-state index contributed by atoms with van der Waals surface area (Å²) in [6.07, 6.45) is 2.29. The molecular weight excluding hydrogens is 244 g/mol. The summed E-state index contributed by atoms with van der Waals surface area (Å²) in [5, 5.41) is 6.25. The number of hydrogen-bond acceptors (Lipinski definition) is 6. The van der Waals surface area contributed by atoms with Crippen molar-refractivity contribution in [3.63, 3.8) is 0 Å². The molecule has 0 saturated heterocycles. The molecule has 1 heterocycles. The van der Waals surface area contributed by atoms with Gasteiger partial charge < -0.3 is 15.4 Å². The van der Waals surface area contributed by atoms with Gasteiger partial charge >= 0.3 is 5.97 Å². The van der Waals surface area contributed by atoms with Gasteiger partial charge in [0.2, 0.25) is 0 Å². The monoisotopic (exact) mass is 264 g/mol. The lowest BCUT2D eigenvalue weighted by molar-refractivity contribution is -0.138. The van der Waals surface area contributed by atoms with Gasteiger partial charge in [0, 0.05) is 18.0 Å². The summed E-state index contributed by atoms with van der Waals surface area (Å²) < 4.78 is 4.62. The Morgan fingerprint density at radius 1 is 1.32 bits per heavy atom. The van der Waals surface area contributed by atoms with E-state index >= 15 is 0 Å². The first kappa shape index (κ1) is 13.6. The summed E-state index contributed by atoms with van der Waals surface area (Å²) in [7, 11) is 1.37. The normalized spacial score (nSPS) is 14.1. The maximum absolute atomic E-state index is 11.2. The van der Waals surface area contributed by atoms with Crippen molar-refractivity contribution in [2.24, 2.45) is 0 Å². The average Bonchev–Trinajstić information content (AvgIpc) is 3.23. The fourth-order valence-corrected chi connectivity index (χ4v) is 1.80. The Balaban J connectivity index is 2.21. The van der Waals surface area contributed by atoms with Gasteiger partial charge in [-0.15, -0.1) is 0 Å². The van der Waals surface area contributed by atoms with E-state index in [2.05, 4.69) is 25.3 Å². The predicted octanol–water partition coefficient (Wildman–Crippen LogP) is 1.68. The van der Waals surface area contributed by atoms with Gasteiger partial charge in [-0.2, -0.15) is 0 Å². The Morgan fingerprint density at radius 3 is 2.47 bits per heavy atom. The lowest BCUT2D eigenvalue weighted by Gasteiger charge is -2.14. The highest BCUT2D eigenvalue weighted by atomic mass is 16.5. The number of methoxy groups -OCH3 is 1. The summed E-state index contributed by atoms with van der Waals surface area (Å²) in [6, 6.07) is 0. The number of nitrogens with one attached hydrogen (secondary N) is 2. The molecule has 0 radical (unpaired) electrons. The van der Waals surface area contributed by atoms with E-state index in [1.807, 2.05) is 13.8 Å². The first-order valence-electron chi connectivity index (χ1n) is 6.58. The van der Waals surface area contributed by atoms with Crippen LogP contribution in [0.4, 0.5) is 11.6 Å². The molecule has 19 heavy (non-hydrogen) atoms. The van der Waals surface area contributed by atoms with Crippen LogP contribution < -0.4 is 10.6 Å². The van der Waals surface area contributed by atoms with Gasteiger partial charge in [0.15, 0.2) is 0 Å². The highest BCUT2D eigenvalue weighted by Crippen LogP contribution is 2.39. The minimum Gasteiger partial charge on any atom is -0.468 e. The van der Waals surface area contributed by atoms with Crippen molar-refractivity contribution in [2.45, 2.75) is 32.6 Å². The molecule has 6 heteroatoms. The van der Waals surface area contributed by atoms with Crippen LogP contribution in [0.1, 0.15) is 37.1 Å². The molecule has 104 valence electrons. The van der Waals surface area contributed by atoms with Crippen LogP contribution in [0.5, 0.6) is 0 Å². The molecule has 0 unspecified atom stereocenters. The lowest BCUT2D eigenvalue weighted by Crippen LogP contribution is -2.18. The van der Waals surface area contributed by atoms with Gasteiger partial charge in [0.25, 0.3) is 0 Å². The van der Waals surface area contributed by atoms with Crippen LogP contribution in [0.15, 0.2) is 0 Å². The van der Waals surface area contributed by atoms with Crippen molar-refractivity contribution in [3.8, 4) is 0 Å². The number of nitrogens with zero attached hydrogens (tertiary/aromatic N) is 2. The molecule has 0 spiro atoms. The van der Waals surface area contributed by atoms with Crippen LogP contribution >= 0.6 is 0 Å². The number of aromatic nitrogens is 2. The lowest BCUT2D eigenvalue weighted by atomic mass is 10.2. The quantitative estimate of drug-likeness (QED) is 0.761. The summed E-state index contributed by atoms with van der Waals surface area (Å²) in [4.78, 5) is 20.3. The Bertz CT molecular complexity index is 472. The van der Waals surface area contributed by atoms with E-state index in [4.69, 9.17) is 0 Å². The Labute approximate surface area is 113 Å². The second-order valence-corrected chi connectivity index (χ2v) is 4.64. The number of esters is 1. The molecule has 0 amide bonds. The van der Waals surface area contributed by atoms with Gasteiger partial charge in [-0.05, 0) is 26.7 Å². The fraction of sp³-hybridized carbons (Fsp3) is 0.615. The highest BCUT2D eigenvalue weighted by Gasteiger charge is 2.28. The van der Waals surface area contributed by atoms with Gasteiger partial charge in [-0.3, -0.25) is 4.79 Å². The molecule has 1 aromatic rings.